The summed E-state index contributed by atoms with van der Waals surface area (Å²) in [6.45, 7) is 6.05. The summed E-state index contributed by atoms with van der Waals surface area (Å²) < 4.78 is 4.72. The molecule has 11 aromatic rings. The van der Waals surface area contributed by atoms with Crippen molar-refractivity contribution < 1.29 is 0 Å². The predicted molar refractivity (Wildman–Crippen MR) is 253 cm³/mol. The summed E-state index contributed by atoms with van der Waals surface area (Å²) in [4.78, 5) is 10.7. The van der Waals surface area contributed by atoms with Gasteiger partial charge in [-0.1, -0.05) is 164 Å². The molecule has 0 radical (unpaired) electrons. The Kier molecular flexibility index (Phi) is 7.98. The molecule has 0 aliphatic heterocycles. The quantitative estimate of drug-likeness (QED) is 0.151. The van der Waals surface area contributed by atoms with Gasteiger partial charge >= 0.3 is 0 Å². The van der Waals surface area contributed by atoms with Crippen molar-refractivity contribution in [1.29, 1.82) is 0 Å². The summed E-state index contributed by atoms with van der Waals surface area (Å²) in [5.41, 5.74) is 16.1. The first-order valence-electron chi connectivity index (χ1n) is 21.4. The van der Waals surface area contributed by atoms with E-state index in [0.717, 1.165) is 57.9 Å². The molecular weight excluding hydrogens is 741 g/mol. The second-order valence-corrected chi connectivity index (χ2v) is 16.1. The van der Waals surface area contributed by atoms with Crippen molar-refractivity contribution in [3.8, 4) is 45.0 Å². The van der Waals surface area contributed by atoms with Gasteiger partial charge in [-0.2, -0.15) is 0 Å². The van der Waals surface area contributed by atoms with E-state index in [0.29, 0.717) is 0 Å². The van der Waals surface area contributed by atoms with Gasteiger partial charge in [-0.05, 0) is 110 Å². The number of imidazole rings is 2. The van der Waals surface area contributed by atoms with E-state index in [4.69, 9.17) is 9.97 Å². The lowest BCUT2D eigenvalue weighted by atomic mass is 9.67. The Morgan fingerprint density at radius 1 is 0.377 bits per heavy atom. The predicted octanol–water partition coefficient (Wildman–Crippen LogP) is 14.1. The number of hydrogen-bond donors (Lipinski definition) is 0. The number of rotatable bonds is 7. The van der Waals surface area contributed by atoms with Crippen LogP contribution < -0.4 is 0 Å². The van der Waals surface area contributed by atoms with Gasteiger partial charge in [0.05, 0.1) is 27.5 Å². The average Bonchev–Trinajstić information content (AvgIpc) is 3.99. The number of hydrogen-bond acceptors (Lipinski definition) is 2. The van der Waals surface area contributed by atoms with Crippen LogP contribution in [0.2, 0.25) is 0 Å². The zero-order chi connectivity index (χ0) is 40.7. The molecule has 0 fully saturated rings. The molecule has 0 N–H and O–H groups in total. The van der Waals surface area contributed by atoms with E-state index in [1.165, 1.54) is 66.1 Å². The van der Waals surface area contributed by atoms with E-state index >= 15 is 0 Å². The summed E-state index contributed by atoms with van der Waals surface area (Å²) in [5, 5.41) is 4.73. The number of fused-ring (bicyclic) bond motifs is 7. The van der Waals surface area contributed by atoms with Crippen LogP contribution in [0.4, 0.5) is 0 Å². The second kappa shape index (κ2) is 13.8. The van der Waals surface area contributed by atoms with E-state index < -0.39 is 5.41 Å². The molecule has 0 bridgehead atoms. The average molecular weight is 783 g/mol. The molecule has 4 heteroatoms. The van der Waals surface area contributed by atoms with Gasteiger partial charge in [0.25, 0.3) is 0 Å². The summed E-state index contributed by atoms with van der Waals surface area (Å²) in [7, 11) is 0. The van der Waals surface area contributed by atoms with Gasteiger partial charge in [0.2, 0.25) is 0 Å². The molecule has 1 aliphatic carbocycles. The molecule has 2 aromatic heterocycles. The van der Waals surface area contributed by atoms with Gasteiger partial charge in [0.1, 0.15) is 11.6 Å². The third-order valence-corrected chi connectivity index (χ3v) is 13.2. The summed E-state index contributed by atoms with van der Waals surface area (Å²) in [6, 6.07) is 71.3. The zero-order valence-electron chi connectivity index (χ0n) is 34.2. The van der Waals surface area contributed by atoms with Gasteiger partial charge in [-0.25, -0.2) is 9.97 Å². The first-order chi connectivity index (χ1) is 30.2. The molecule has 12 rings (SSSR count). The minimum atomic E-state index is -0.515. The number of benzene rings is 9. The normalized spacial score (nSPS) is 13.0. The van der Waals surface area contributed by atoms with Crippen LogP contribution in [0.5, 0.6) is 0 Å². The van der Waals surface area contributed by atoms with E-state index in [9.17, 15) is 0 Å². The van der Waals surface area contributed by atoms with Gasteiger partial charge in [0, 0.05) is 24.2 Å². The van der Waals surface area contributed by atoms with Crippen molar-refractivity contribution in [3.05, 3.63) is 216 Å². The van der Waals surface area contributed by atoms with Gasteiger partial charge in [-0.15, -0.1) is 0 Å². The van der Waals surface area contributed by atoms with E-state index in [-0.39, 0.29) is 0 Å². The van der Waals surface area contributed by atoms with Crippen molar-refractivity contribution in [2.45, 2.75) is 32.4 Å². The molecule has 2 heterocycles. The molecule has 4 nitrogen and oxygen atoms in total. The van der Waals surface area contributed by atoms with Crippen molar-refractivity contribution >= 4 is 43.6 Å². The lowest BCUT2D eigenvalue weighted by Crippen LogP contribution is -2.28. The highest BCUT2D eigenvalue weighted by Crippen LogP contribution is 2.59. The van der Waals surface area contributed by atoms with Crippen LogP contribution in [0.15, 0.2) is 194 Å². The molecule has 0 saturated carbocycles. The van der Waals surface area contributed by atoms with Crippen molar-refractivity contribution in [2.24, 2.45) is 0 Å². The number of nitrogens with zero attached hydrogens (tertiary/aromatic N) is 4. The standard InChI is InChI=1S/C57H42N4/c1-3-60-51-34-15-13-32-49(51)58-55(60)41-27-17-25-39-45(41)36-46-40(26-18-28-42(46)56-59-50-33-14-16-35-52(50)61(56)4-2)53(39)44-29-19-31-48-54(44)43-24-11-12-30-47(43)57(48,37-20-7-5-8-21-37)38-22-9-6-10-23-38/h5-36H,3-4H2,1-2H3. The Hall–Kier alpha value is -7.56. The highest BCUT2D eigenvalue weighted by Gasteiger charge is 2.47. The Labute approximate surface area is 355 Å². The Morgan fingerprint density at radius 3 is 1.38 bits per heavy atom. The van der Waals surface area contributed by atoms with Crippen LogP contribution in [0.1, 0.15) is 36.1 Å². The Bertz CT molecular complexity index is 3320. The van der Waals surface area contributed by atoms with E-state index in [1.807, 2.05) is 0 Å². The molecule has 290 valence electrons. The topological polar surface area (TPSA) is 35.6 Å². The third kappa shape index (κ3) is 4.99. The third-order valence-electron chi connectivity index (χ3n) is 13.2. The fourth-order valence-corrected chi connectivity index (χ4v) is 10.8. The molecule has 0 unspecified atom stereocenters. The van der Waals surface area contributed by atoms with Gasteiger partial charge in [0.15, 0.2) is 0 Å². The lowest BCUT2D eigenvalue weighted by molar-refractivity contribution is 0.768. The van der Waals surface area contributed by atoms with Crippen LogP contribution in [-0.4, -0.2) is 19.1 Å². The minimum Gasteiger partial charge on any atom is -0.324 e. The fraction of sp³-hybridized carbons (Fsp3) is 0.0877. The smallest absolute Gasteiger partial charge is 0.141 e. The maximum absolute atomic E-state index is 5.34. The maximum atomic E-state index is 5.34. The second-order valence-electron chi connectivity index (χ2n) is 16.1. The molecule has 0 spiro atoms. The molecule has 1 aliphatic rings. The van der Waals surface area contributed by atoms with Crippen molar-refractivity contribution in [1.82, 2.24) is 19.1 Å². The molecular formula is C57H42N4. The molecule has 0 atom stereocenters. The van der Waals surface area contributed by atoms with Gasteiger partial charge in [-0.3, -0.25) is 0 Å². The van der Waals surface area contributed by atoms with Crippen molar-refractivity contribution in [2.75, 3.05) is 0 Å². The SMILES string of the molecule is CCn1c(-c2cccc3c(-c4cccc5c4-c4ccccc4C5(c4ccccc4)c4ccccc4)c4cccc(-c5nc6ccccc6n5CC)c4cc23)nc2ccccc21. The number of para-hydroxylation sites is 4. The first-order valence-corrected chi connectivity index (χ1v) is 21.4. The highest BCUT2D eigenvalue weighted by atomic mass is 15.1. The van der Waals surface area contributed by atoms with Crippen LogP contribution in [0, 0.1) is 0 Å². The summed E-state index contributed by atoms with van der Waals surface area (Å²) in [6.07, 6.45) is 0. The maximum Gasteiger partial charge on any atom is 0.141 e. The summed E-state index contributed by atoms with van der Waals surface area (Å²) in [5.74, 6) is 1.96. The van der Waals surface area contributed by atoms with Crippen LogP contribution in [0.25, 0.3) is 88.6 Å². The molecule has 9 aromatic carbocycles. The fourth-order valence-electron chi connectivity index (χ4n) is 10.8. The van der Waals surface area contributed by atoms with E-state index in [2.05, 4.69) is 217 Å². The number of aryl methyl sites for hydroxylation is 2. The lowest BCUT2D eigenvalue weighted by Gasteiger charge is -2.34. The number of aromatic nitrogens is 4. The monoisotopic (exact) mass is 782 g/mol. The molecule has 0 saturated heterocycles. The van der Waals surface area contributed by atoms with Crippen molar-refractivity contribution in [3.63, 3.8) is 0 Å². The molecule has 0 amide bonds. The Morgan fingerprint density at radius 2 is 0.820 bits per heavy atom. The first kappa shape index (κ1) is 35.4. The highest BCUT2D eigenvalue weighted by molar-refractivity contribution is 6.20. The van der Waals surface area contributed by atoms with Crippen LogP contribution >= 0.6 is 0 Å². The van der Waals surface area contributed by atoms with E-state index in [1.54, 1.807) is 0 Å². The minimum absolute atomic E-state index is 0.515. The van der Waals surface area contributed by atoms with Gasteiger partial charge < -0.3 is 9.13 Å². The van der Waals surface area contributed by atoms with Crippen LogP contribution in [0.3, 0.4) is 0 Å². The molecule has 61 heavy (non-hydrogen) atoms. The Balaban J connectivity index is 1.25. The zero-order valence-corrected chi connectivity index (χ0v) is 34.2. The largest absolute Gasteiger partial charge is 0.324 e. The summed E-state index contributed by atoms with van der Waals surface area (Å²) >= 11 is 0. The van der Waals surface area contributed by atoms with Crippen LogP contribution in [-0.2, 0) is 18.5 Å².